The summed E-state index contributed by atoms with van der Waals surface area (Å²) in [6.45, 7) is 9.27. The van der Waals surface area contributed by atoms with Crippen molar-refractivity contribution in [2.45, 2.75) is 65.0 Å². The lowest BCUT2D eigenvalue weighted by Gasteiger charge is -2.41. The molecule has 1 aromatic rings. The van der Waals surface area contributed by atoms with Gasteiger partial charge in [0.05, 0.1) is 12.1 Å². The van der Waals surface area contributed by atoms with Crippen LogP contribution in [0.2, 0.25) is 0 Å². The molecule has 2 aliphatic rings. The number of benzene rings is 1. The van der Waals surface area contributed by atoms with Gasteiger partial charge in [0.25, 0.3) is 0 Å². The average molecular weight is 400 g/mol. The number of nitrogens with zero attached hydrogens (tertiary/aromatic N) is 2. The van der Waals surface area contributed by atoms with Crippen LogP contribution >= 0.6 is 0 Å². The molecule has 0 spiro atoms. The Morgan fingerprint density at radius 2 is 1.62 bits per heavy atom. The molecule has 1 saturated heterocycles. The van der Waals surface area contributed by atoms with E-state index < -0.39 is 0 Å². The summed E-state index contributed by atoms with van der Waals surface area (Å²) in [4.78, 5) is 30.1. The van der Waals surface area contributed by atoms with Crippen molar-refractivity contribution in [1.82, 2.24) is 15.1 Å². The van der Waals surface area contributed by atoms with E-state index in [0.717, 1.165) is 44.6 Å². The van der Waals surface area contributed by atoms with Crippen LogP contribution in [-0.2, 0) is 9.59 Å². The number of amides is 2. The van der Waals surface area contributed by atoms with E-state index in [2.05, 4.69) is 43.1 Å². The largest absolute Gasteiger partial charge is 0.348 e. The molecule has 29 heavy (non-hydrogen) atoms. The number of hydrogen-bond acceptors (Lipinski definition) is 3. The predicted molar refractivity (Wildman–Crippen MR) is 116 cm³/mol. The van der Waals surface area contributed by atoms with Crippen LogP contribution in [0.4, 0.5) is 0 Å². The molecule has 5 nitrogen and oxygen atoms in total. The summed E-state index contributed by atoms with van der Waals surface area (Å²) >= 11 is 0. The normalized spacial score (nSPS) is 20.6. The van der Waals surface area contributed by atoms with Crippen LogP contribution in [0.15, 0.2) is 30.3 Å². The summed E-state index contributed by atoms with van der Waals surface area (Å²) in [7, 11) is 0. The fourth-order valence-corrected chi connectivity index (χ4v) is 4.80. The van der Waals surface area contributed by atoms with E-state index >= 15 is 0 Å². The van der Waals surface area contributed by atoms with Crippen LogP contribution < -0.4 is 5.32 Å². The van der Waals surface area contributed by atoms with Crippen molar-refractivity contribution in [2.24, 2.45) is 11.8 Å². The van der Waals surface area contributed by atoms with Crippen LogP contribution in [0.3, 0.4) is 0 Å². The van der Waals surface area contributed by atoms with Gasteiger partial charge in [0, 0.05) is 32.6 Å². The Labute approximate surface area is 175 Å². The molecule has 1 heterocycles. The van der Waals surface area contributed by atoms with Crippen molar-refractivity contribution in [3.63, 3.8) is 0 Å². The van der Waals surface area contributed by atoms with Gasteiger partial charge in [-0.05, 0) is 37.2 Å². The Kier molecular flexibility index (Phi) is 7.70. The quantitative estimate of drug-likeness (QED) is 0.762. The Hall–Kier alpha value is -1.88. The Morgan fingerprint density at radius 3 is 2.21 bits per heavy atom. The number of rotatable bonds is 7. The second kappa shape index (κ2) is 10.2. The standard InChI is InChI=1S/C24H37N3O2/c1-18(2)17-22(28)26-13-15-27(16-14-26)23(21-11-7-8-12-21)24(29)25-19(3)20-9-5-4-6-10-20/h4-6,9-10,18-19,21,23H,7-8,11-17H2,1-3H3,(H,25,29). The van der Waals surface area contributed by atoms with Gasteiger partial charge >= 0.3 is 0 Å². The number of piperazine rings is 1. The van der Waals surface area contributed by atoms with E-state index in [1.165, 1.54) is 12.8 Å². The van der Waals surface area contributed by atoms with Gasteiger partial charge in [0.2, 0.25) is 11.8 Å². The first kappa shape index (κ1) is 21.8. The Morgan fingerprint density at radius 1 is 1.00 bits per heavy atom. The van der Waals surface area contributed by atoms with Gasteiger partial charge in [0.15, 0.2) is 0 Å². The molecular weight excluding hydrogens is 362 g/mol. The van der Waals surface area contributed by atoms with Gasteiger partial charge in [0.1, 0.15) is 0 Å². The first-order valence-corrected chi connectivity index (χ1v) is 11.3. The molecule has 1 aliphatic carbocycles. The van der Waals surface area contributed by atoms with E-state index in [1.54, 1.807) is 0 Å². The predicted octanol–water partition coefficient (Wildman–Crippen LogP) is 3.61. The molecule has 1 saturated carbocycles. The summed E-state index contributed by atoms with van der Waals surface area (Å²) in [6.07, 6.45) is 5.31. The molecule has 0 bridgehead atoms. The molecule has 3 rings (SSSR count). The fourth-order valence-electron chi connectivity index (χ4n) is 4.80. The summed E-state index contributed by atoms with van der Waals surface area (Å²) in [5, 5.41) is 3.27. The molecule has 2 atom stereocenters. The maximum absolute atomic E-state index is 13.3. The van der Waals surface area contributed by atoms with E-state index in [0.29, 0.717) is 18.3 Å². The van der Waals surface area contributed by atoms with E-state index in [1.807, 2.05) is 23.1 Å². The highest BCUT2D eigenvalue weighted by Crippen LogP contribution is 2.31. The van der Waals surface area contributed by atoms with Crippen molar-refractivity contribution in [1.29, 1.82) is 0 Å². The third kappa shape index (κ3) is 5.81. The van der Waals surface area contributed by atoms with Crippen LogP contribution in [0.1, 0.15) is 64.5 Å². The average Bonchev–Trinajstić information content (AvgIpc) is 3.23. The van der Waals surface area contributed by atoms with Gasteiger partial charge in [-0.2, -0.15) is 0 Å². The van der Waals surface area contributed by atoms with Crippen LogP contribution in [0.5, 0.6) is 0 Å². The van der Waals surface area contributed by atoms with E-state index in [4.69, 9.17) is 0 Å². The fraction of sp³-hybridized carbons (Fsp3) is 0.667. The minimum Gasteiger partial charge on any atom is -0.348 e. The molecule has 2 amide bonds. The van der Waals surface area contributed by atoms with E-state index in [9.17, 15) is 9.59 Å². The lowest BCUT2D eigenvalue weighted by atomic mass is 9.94. The highest BCUT2D eigenvalue weighted by molar-refractivity contribution is 5.82. The van der Waals surface area contributed by atoms with Crippen LogP contribution in [0, 0.1) is 11.8 Å². The zero-order chi connectivity index (χ0) is 20.8. The van der Waals surface area contributed by atoms with Crippen LogP contribution in [0.25, 0.3) is 0 Å². The molecular formula is C24H37N3O2. The topological polar surface area (TPSA) is 52.7 Å². The number of nitrogens with one attached hydrogen (secondary N) is 1. The number of carbonyl (C=O) groups excluding carboxylic acids is 2. The zero-order valence-corrected chi connectivity index (χ0v) is 18.3. The zero-order valence-electron chi connectivity index (χ0n) is 18.3. The van der Waals surface area contributed by atoms with Gasteiger partial charge in [-0.15, -0.1) is 0 Å². The Bertz CT molecular complexity index is 662. The maximum Gasteiger partial charge on any atom is 0.238 e. The molecule has 5 heteroatoms. The van der Waals surface area contributed by atoms with Gasteiger partial charge in [-0.25, -0.2) is 0 Å². The summed E-state index contributed by atoms with van der Waals surface area (Å²) in [6, 6.07) is 10.1. The molecule has 0 radical (unpaired) electrons. The van der Waals surface area contributed by atoms with Gasteiger partial charge < -0.3 is 10.2 Å². The molecule has 160 valence electrons. The summed E-state index contributed by atoms with van der Waals surface area (Å²) in [5.41, 5.74) is 1.13. The molecule has 2 unspecified atom stereocenters. The molecule has 0 aromatic heterocycles. The molecule has 2 fully saturated rings. The Balaban J connectivity index is 1.63. The van der Waals surface area contributed by atoms with Gasteiger partial charge in [-0.1, -0.05) is 57.0 Å². The first-order chi connectivity index (χ1) is 14.0. The number of hydrogen-bond donors (Lipinski definition) is 1. The number of carbonyl (C=O) groups is 2. The monoisotopic (exact) mass is 399 g/mol. The second-order valence-corrected chi connectivity index (χ2v) is 9.15. The molecule has 1 aliphatic heterocycles. The third-order valence-electron chi connectivity index (χ3n) is 6.42. The lowest BCUT2D eigenvalue weighted by Crippen LogP contribution is -2.58. The molecule has 1 N–H and O–H groups in total. The summed E-state index contributed by atoms with van der Waals surface area (Å²) < 4.78 is 0. The lowest BCUT2D eigenvalue weighted by molar-refractivity contribution is -0.136. The highest BCUT2D eigenvalue weighted by Gasteiger charge is 2.37. The second-order valence-electron chi connectivity index (χ2n) is 9.15. The van der Waals surface area contributed by atoms with Crippen molar-refractivity contribution in [2.75, 3.05) is 26.2 Å². The van der Waals surface area contributed by atoms with Crippen molar-refractivity contribution in [3.05, 3.63) is 35.9 Å². The first-order valence-electron chi connectivity index (χ1n) is 11.3. The minimum absolute atomic E-state index is 0.00140. The molecule has 1 aromatic carbocycles. The van der Waals surface area contributed by atoms with Crippen molar-refractivity contribution < 1.29 is 9.59 Å². The summed E-state index contributed by atoms with van der Waals surface area (Å²) in [5.74, 6) is 1.21. The van der Waals surface area contributed by atoms with E-state index in [-0.39, 0.29) is 23.9 Å². The highest BCUT2D eigenvalue weighted by atomic mass is 16.2. The van der Waals surface area contributed by atoms with Gasteiger partial charge in [-0.3, -0.25) is 14.5 Å². The van der Waals surface area contributed by atoms with Crippen LogP contribution in [-0.4, -0.2) is 53.8 Å². The van der Waals surface area contributed by atoms with Crippen molar-refractivity contribution >= 4 is 11.8 Å². The van der Waals surface area contributed by atoms with Crippen molar-refractivity contribution in [3.8, 4) is 0 Å². The SMILES string of the molecule is CC(C)CC(=O)N1CCN(C(C(=O)NC(C)c2ccccc2)C2CCCC2)CC1. The smallest absolute Gasteiger partial charge is 0.238 e. The third-order valence-corrected chi connectivity index (χ3v) is 6.42. The minimum atomic E-state index is -0.0778. The maximum atomic E-state index is 13.3.